The van der Waals surface area contributed by atoms with E-state index in [0.29, 0.717) is 12.1 Å². The topological polar surface area (TPSA) is 66.9 Å². The van der Waals surface area contributed by atoms with Crippen molar-refractivity contribution < 1.29 is 4.79 Å². The van der Waals surface area contributed by atoms with Crippen LogP contribution in [-0.2, 0) is 12.0 Å². The number of nitrogens with one attached hydrogen (secondary N) is 2. The van der Waals surface area contributed by atoms with Gasteiger partial charge in [-0.3, -0.25) is 9.78 Å². The molecular weight excluding hydrogens is 336 g/mol. The smallest absolute Gasteiger partial charge is 0.257 e. The summed E-state index contributed by atoms with van der Waals surface area (Å²) >= 11 is 0. The number of aromatic nitrogens is 2. The van der Waals surface area contributed by atoms with Gasteiger partial charge in [0.05, 0.1) is 5.56 Å². The highest BCUT2D eigenvalue weighted by Crippen LogP contribution is 2.29. The predicted molar refractivity (Wildman–Crippen MR) is 109 cm³/mol. The Hall–Kier alpha value is -3.21. The van der Waals surface area contributed by atoms with E-state index < -0.39 is 0 Å². The highest BCUT2D eigenvalue weighted by atomic mass is 16.1. The summed E-state index contributed by atoms with van der Waals surface area (Å²) in [6.45, 7) is 7.04. The van der Waals surface area contributed by atoms with Crippen molar-refractivity contribution in [3.05, 3.63) is 83.8 Å². The highest BCUT2D eigenvalue weighted by molar-refractivity contribution is 6.04. The molecule has 0 saturated heterocycles. The molecule has 27 heavy (non-hydrogen) atoms. The molecule has 0 atom stereocenters. The zero-order chi connectivity index (χ0) is 19.3. The van der Waals surface area contributed by atoms with Gasteiger partial charge in [-0.2, -0.15) is 0 Å². The van der Waals surface area contributed by atoms with E-state index >= 15 is 0 Å². The normalized spacial score (nSPS) is 11.1. The van der Waals surface area contributed by atoms with Gasteiger partial charge in [0.15, 0.2) is 0 Å². The lowest BCUT2D eigenvalue weighted by atomic mass is 9.86. The van der Waals surface area contributed by atoms with Crippen molar-refractivity contribution in [1.82, 2.24) is 9.97 Å². The Morgan fingerprint density at radius 2 is 1.74 bits per heavy atom. The summed E-state index contributed by atoms with van der Waals surface area (Å²) in [5.74, 6) is 0.554. The fourth-order valence-corrected chi connectivity index (χ4v) is 2.77. The summed E-state index contributed by atoms with van der Waals surface area (Å²) in [6, 6.07) is 15.4. The second-order valence-corrected chi connectivity index (χ2v) is 7.39. The largest absolute Gasteiger partial charge is 0.366 e. The highest BCUT2D eigenvalue weighted by Gasteiger charge is 2.19. The molecule has 2 aromatic heterocycles. The van der Waals surface area contributed by atoms with Gasteiger partial charge in [0, 0.05) is 30.8 Å². The molecule has 0 radical (unpaired) electrons. The molecule has 5 heteroatoms. The Balaban J connectivity index is 1.66. The molecule has 0 spiro atoms. The Bertz CT molecular complexity index is 900. The van der Waals surface area contributed by atoms with Crippen LogP contribution >= 0.6 is 0 Å². The third kappa shape index (κ3) is 4.91. The summed E-state index contributed by atoms with van der Waals surface area (Å²) in [6.07, 6.45) is 5.10. The maximum absolute atomic E-state index is 12.6. The molecule has 1 aromatic carbocycles. The van der Waals surface area contributed by atoms with Crippen LogP contribution < -0.4 is 10.6 Å². The zero-order valence-corrected chi connectivity index (χ0v) is 15.9. The number of benzene rings is 1. The molecular formula is C22H24N4O. The van der Waals surface area contributed by atoms with Crippen molar-refractivity contribution in [1.29, 1.82) is 0 Å². The third-order valence-corrected chi connectivity index (χ3v) is 4.23. The molecule has 0 aliphatic carbocycles. The minimum atomic E-state index is -0.167. The van der Waals surface area contributed by atoms with E-state index in [1.165, 1.54) is 0 Å². The third-order valence-electron chi connectivity index (χ3n) is 4.23. The van der Waals surface area contributed by atoms with Crippen LogP contribution in [0, 0.1) is 0 Å². The van der Waals surface area contributed by atoms with E-state index in [-0.39, 0.29) is 11.3 Å². The van der Waals surface area contributed by atoms with Crippen LogP contribution in [0.1, 0.15) is 42.3 Å². The van der Waals surface area contributed by atoms with Gasteiger partial charge >= 0.3 is 0 Å². The Labute approximate surface area is 159 Å². The molecule has 0 fully saturated rings. The van der Waals surface area contributed by atoms with E-state index in [1.54, 1.807) is 24.7 Å². The maximum Gasteiger partial charge on any atom is 0.257 e. The molecule has 2 N–H and O–H groups in total. The zero-order valence-electron chi connectivity index (χ0n) is 15.9. The number of para-hydroxylation sites is 1. The van der Waals surface area contributed by atoms with Crippen molar-refractivity contribution in [2.45, 2.75) is 32.7 Å². The summed E-state index contributed by atoms with van der Waals surface area (Å²) in [7, 11) is 0. The number of pyridine rings is 2. The first-order chi connectivity index (χ1) is 12.9. The molecule has 3 aromatic rings. The second kappa shape index (κ2) is 7.99. The van der Waals surface area contributed by atoms with Crippen molar-refractivity contribution >= 4 is 17.4 Å². The van der Waals surface area contributed by atoms with E-state index in [0.717, 1.165) is 22.6 Å². The molecule has 0 bridgehead atoms. The summed E-state index contributed by atoms with van der Waals surface area (Å²) in [5, 5.41) is 6.24. The van der Waals surface area contributed by atoms with Gasteiger partial charge in [0.2, 0.25) is 0 Å². The fraction of sp³-hybridized carbons (Fsp3) is 0.227. The predicted octanol–water partition coefficient (Wildman–Crippen LogP) is 4.64. The Morgan fingerprint density at radius 1 is 1.00 bits per heavy atom. The minimum Gasteiger partial charge on any atom is -0.366 e. The molecule has 138 valence electrons. The first-order valence-electron chi connectivity index (χ1n) is 8.93. The van der Waals surface area contributed by atoms with Gasteiger partial charge in [0.1, 0.15) is 5.82 Å². The summed E-state index contributed by atoms with van der Waals surface area (Å²) < 4.78 is 0. The fourth-order valence-electron chi connectivity index (χ4n) is 2.77. The standard InChI is InChI=1S/C22H24N4O/c1-22(2,3)18-6-4-5-7-19(18)26-21(27)17-8-9-20(25-15-17)24-14-16-10-12-23-13-11-16/h4-13,15H,14H2,1-3H3,(H,24,25)(H,26,27). The molecule has 1 amide bonds. The van der Waals surface area contributed by atoms with Gasteiger partial charge in [-0.15, -0.1) is 0 Å². The average molecular weight is 360 g/mol. The van der Waals surface area contributed by atoms with Crippen LogP contribution in [0.15, 0.2) is 67.1 Å². The molecule has 3 rings (SSSR count). The van der Waals surface area contributed by atoms with Crippen molar-refractivity contribution in [2.24, 2.45) is 0 Å². The Morgan fingerprint density at radius 3 is 2.41 bits per heavy atom. The molecule has 0 unspecified atom stereocenters. The maximum atomic E-state index is 12.6. The number of hydrogen-bond donors (Lipinski definition) is 2. The number of anilines is 2. The van der Waals surface area contributed by atoms with Crippen molar-refractivity contribution in [2.75, 3.05) is 10.6 Å². The monoisotopic (exact) mass is 360 g/mol. The first kappa shape index (κ1) is 18.6. The van der Waals surface area contributed by atoms with Gasteiger partial charge < -0.3 is 10.6 Å². The second-order valence-electron chi connectivity index (χ2n) is 7.39. The van der Waals surface area contributed by atoms with Crippen molar-refractivity contribution in [3.63, 3.8) is 0 Å². The molecule has 0 saturated carbocycles. The molecule has 0 aliphatic rings. The van der Waals surface area contributed by atoms with Crippen LogP contribution in [0.2, 0.25) is 0 Å². The van der Waals surface area contributed by atoms with Crippen LogP contribution in [0.5, 0.6) is 0 Å². The van der Waals surface area contributed by atoms with Crippen molar-refractivity contribution in [3.8, 4) is 0 Å². The molecule has 0 aliphatic heterocycles. The van der Waals surface area contributed by atoms with Crippen LogP contribution in [-0.4, -0.2) is 15.9 Å². The molecule has 2 heterocycles. The Kier molecular flexibility index (Phi) is 5.50. The van der Waals surface area contributed by atoms with E-state index in [2.05, 4.69) is 41.4 Å². The minimum absolute atomic E-state index is 0.0527. The first-order valence-corrected chi connectivity index (χ1v) is 8.93. The summed E-state index contributed by atoms with van der Waals surface area (Å²) in [4.78, 5) is 20.9. The SMILES string of the molecule is CC(C)(C)c1ccccc1NC(=O)c1ccc(NCc2ccncc2)nc1. The lowest BCUT2D eigenvalue weighted by Crippen LogP contribution is -2.18. The number of amides is 1. The number of hydrogen-bond acceptors (Lipinski definition) is 4. The lowest BCUT2D eigenvalue weighted by Gasteiger charge is -2.23. The van der Waals surface area contributed by atoms with Gasteiger partial charge in [-0.25, -0.2) is 4.98 Å². The molecule has 5 nitrogen and oxygen atoms in total. The van der Waals surface area contributed by atoms with E-state index in [4.69, 9.17) is 0 Å². The van der Waals surface area contributed by atoms with Crippen LogP contribution in [0.4, 0.5) is 11.5 Å². The average Bonchev–Trinajstić information content (AvgIpc) is 2.67. The van der Waals surface area contributed by atoms with Gasteiger partial charge in [0.25, 0.3) is 5.91 Å². The summed E-state index contributed by atoms with van der Waals surface area (Å²) in [5.41, 5.74) is 3.51. The number of carbonyl (C=O) groups is 1. The number of nitrogens with zero attached hydrogens (tertiary/aromatic N) is 2. The van der Waals surface area contributed by atoms with E-state index in [1.807, 2.05) is 42.5 Å². The van der Waals surface area contributed by atoms with Gasteiger partial charge in [-0.05, 0) is 46.9 Å². The lowest BCUT2D eigenvalue weighted by molar-refractivity contribution is 0.102. The van der Waals surface area contributed by atoms with E-state index in [9.17, 15) is 4.79 Å². The van der Waals surface area contributed by atoms with Gasteiger partial charge in [-0.1, -0.05) is 39.0 Å². The number of rotatable bonds is 5. The quantitative estimate of drug-likeness (QED) is 0.696. The number of carbonyl (C=O) groups excluding carboxylic acids is 1. The van der Waals surface area contributed by atoms with Crippen LogP contribution in [0.25, 0.3) is 0 Å². The van der Waals surface area contributed by atoms with Crippen LogP contribution in [0.3, 0.4) is 0 Å².